The second-order valence-corrected chi connectivity index (χ2v) is 11.0. The molecule has 1 saturated carbocycles. The molecule has 2 N–H and O–H groups in total. The molecule has 210 valence electrons. The number of benzene rings is 2. The number of hydrogen-bond donors (Lipinski definition) is 2. The molecule has 6 rings (SSSR count). The van der Waals surface area contributed by atoms with Gasteiger partial charge in [0.05, 0.1) is 30.2 Å². The Morgan fingerprint density at radius 2 is 1.98 bits per heavy atom. The fourth-order valence-electron chi connectivity index (χ4n) is 6.43. The van der Waals surface area contributed by atoms with Crippen LogP contribution in [0.4, 0.5) is 0 Å². The molecule has 1 aliphatic heterocycles. The molecule has 2 aliphatic rings. The van der Waals surface area contributed by atoms with E-state index in [0.717, 1.165) is 54.5 Å². The Hall–Kier alpha value is -3.60. The number of ether oxygens (including phenoxy) is 1. The number of amides is 1. The Labute approximate surface area is 234 Å². The first-order valence-electron chi connectivity index (χ1n) is 14.2. The number of carbonyl (C=O) groups excluding carboxylic acids is 1. The highest BCUT2D eigenvalue weighted by Gasteiger charge is 2.42. The van der Waals surface area contributed by atoms with Crippen LogP contribution in [-0.4, -0.2) is 85.5 Å². The lowest BCUT2D eigenvalue weighted by atomic mass is 9.80. The third kappa shape index (κ3) is 5.02. The van der Waals surface area contributed by atoms with Gasteiger partial charge in [-0.2, -0.15) is 0 Å². The summed E-state index contributed by atoms with van der Waals surface area (Å²) < 4.78 is 9.39. The van der Waals surface area contributed by atoms with Crippen molar-refractivity contribution >= 4 is 16.9 Å². The lowest BCUT2D eigenvalue weighted by Crippen LogP contribution is -2.54. The van der Waals surface area contributed by atoms with Crippen molar-refractivity contribution in [3.63, 3.8) is 0 Å². The van der Waals surface area contributed by atoms with E-state index in [1.807, 2.05) is 68.7 Å². The lowest BCUT2D eigenvalue weighted by molar-refractivity contribution is -0.0893. The van der Waals surface area contributed by atoms with Crippen molar-refractivity contribution in [2.24, 2.45) is 0 Å². The highest BCUT2D eigenvalue weighted by Crippen LogP contribution is 2.41. The number of carbonyl (C=O) groups is 1. The SMILES string of the molecule is COC[C@]1(O)CCCC[C@H]1n1cnc(C(=O)N2CCNC[C@H]2CCn2nnc3ccccc32)c1-c1ccccc1. The number of aryl methyl sites for hydroxylation is 1. The molecule has 1 amide bonds. The smallest absolute Gasteiger partial charge is 0.275 e. The van der Waals surface area contributed by atoms with E-state index in [1.165, 1.54) is 0 Å². The van der Waals surface area contributed by atoms with E-state index in [-0.39, 0.29) is 24.6 Å². The Morgan fingerprint density at radius 3 is 2.83 bits per heavy atom. The molecule has 40 heavy (non-hydrogen) atoms. The standard InChI is InChI=1S/C30H37N7O3/c1-40-20-30(39)15-8-7-13-26(30)36-21-32-27(28(36)22-9-3-2-4-10-22)29(38)35-18-16-31-19-23(35)14-17-37-25-12-6-5-11-24(25)33-34-37/h2-6,9-12,21,23,26,31,39H,7-8,13-20H2,1H3/t23-,26-,30-/m1/s1. The maximum absolute atomic E-state index is 14.3. The molecule has 2 aromatic heterocycles. The van der Waals surface area contributed by atoms with Crippen LogP contribution in [0.2, 0.25) is 0 Å². The summed E-state index contributed by atoms with van der Waals surface area (Å²) in [6.07, 6.45) is 5.88. The molecule has 10 heteroatoms. The van der Waals surface area contributed by atoms with Gasteiger partial charge >= 0.3 is 0 Å². The van der Waals surface area contributed by atoms with Gasteiger partial charge in [0.15, 0.2) is 5.69 Å². The van der Waals surface area contributed by atoms with Crippen LogP contribution < -0.4 is 5.32 Å². The van der Waals surface area contributed by atoms with Crippen molar-refractivity contribution in [3.8, 4) is 11.3 Å². The zero-order valence-corrected chi connectivity index (χ0v) is 22.9. The Kier molecular flexibility index (Phi) is 7.64. The average Bonchev–Trinajstić information content (AvgIpc) is 3.61. The Bertz CT molecular complexity index is 1450. The minimum atomic E-state index is -1.02. The van der Waals surface area contributed by atoms with E-state index in [9.17, 15) is 9.90 Å². The van der Waals surface area contributed by atoms with Crippen molar-refractivity contribution in [1.29, 1.82) is 0 Å². The van der Waals surface area contributed by atoms with Crippen LogP contribution in [0.1, 0.15) is 48.6 Å². The van der Waals surface area contributed by atoms with Crippen LogP contribution in [0.15, 0.2) is 60.9 Å². The maximum Gasteiger partial charge on any atom is 0.275 e. The van der Waals surface area contributed by atoms with Crippen molar-refractivity contribution in [1.82, 2.24) is 34.8 Å². The molecule has 1 saturated heterocycles. The second kappa shape index (κ2) is 11.5. The van der Waals surface area contributed by atoms with Crippen molar-refractivity contribution in [2.75, 3.05) is 33.4 Å². The largest absolute Gasteiger partial charge is 0.385 e. The van der Waals surface area contributed by atoms with Gasteiger partial charge in [-0.25, -0.2) is 9.67 Å². The van der Waals surface area contributed by atoms with Crippen LogP contribution in [0.5, 0.6) is 0 Å². The number of nitrogens with one attached hydrogen (secondary N) is 1. The molecule has 0 radical (unpaired) electrons. The van der Waals surface area contributed by atoms with Gasteiger partial charge in [-0.15, -0.1) is 5.10 Å². The molecule has 1 aliphatic carbocycles. The number of aromatic nitrogens is 5. The van der Waals surface area contributed by atoms with Gasteiger partial charge in [0.25, 0.3) is 5.91 Å². The molecular formula is C30H37N7O3. The highest BCUT2D eigenvalue weighted by molar-refractivity contribution is 5.98. The van der Waals surface area contributed by atoms with Gasteiger partial charge in [0, 0.05) is 44.9 Å². The van der Waals surface area contributed by atoms with E-state index >= 15 is 0 Å². The van der Waals surface area contributed by atoms with Gasteiger partial charge in [0.2, 0.25) is 0 Å². The molecule has 0 bridgehead atoms. The minimum Gasteiger partial charge on any atom is -0.385 e. The van der Waals surface area contributed by atoms with Crippen LogP contribution in [0, 0.1) is 0 Å². The minimum absolute atomic E-state index is 0.0157. The normalized spacial score (nSPS) is 23.5. The van der Waals surface area contributed by atoms with E-state index in [4.69, 9.17) is 9.72 Å². The van der Waals surface area contributed by atoms with Gasteiger partial charge in [-0.05, 0) is 31.4 Å². The molecule has 0 spiro atoms. The molecule has 10 nitrogen and oxygen atoms in total. The van der Waals surface area contributed by atoms with E-state index < -0.39 is 5.60 Å². The van der Waals surface area contributed by atoms with Crippen molar-refractivity contribution in [3.05, 3.63) is 66.6 Å². The predicted octanol–water partition coefficient (Wildman–Crippen LogP) is 3.29. The third-order valence-corrected chi connectivity index (χ3v) is 8.44. The average molecular weight is 544 g/mol. The topological polar surface area (TPSA) is 110 Å². The number of piperazine rings is 1. The summed E-state index contributed by atoms with van der Waals surface area (Å²) in [5.74, 6) is -0.0846. The summed E-state index contributed by atoms with van der Waals surface area (Å²) in [7, 11) is 1.62. The number of imidazole rings is 1. The first kappa shape index (κ1) is 26.6. The molecule has 0 unspecified atom stereocenters. The zero-order chi connectivity index (χ0) is 27.5. The summed E-state index contributed by atoms with van der Waals surface area (Å²) in [6, 6.07) is 17.6. The maximum atomic E-state index is 14.3. The number of para-hydroxylation sites is 1. The molecular weight excluding hydrogens is 506 g/mol. The Balaban J connectivity index is 1.32. The van der Waals surface area contributed by atoms with E-state index in [2.05, 4.69) is 15.6 Å². The van der Waals surface area contributed by atoms with Gasteiger partial charge in [0.1, 0.15) is 11.1 Å². The number of nitrogens with zero attached hydrogens (tertiary/aromatic N) is 6. The summed E-state index contributed by atoms with van der Waals surface area (Å²) in [5.41, 5.74) is 2.93. The van der Waals surface area contributed by atoms with E-state index in [1.54, 1.807) is 13.4 Å². The van der Waals surface area contributed by atoms with Crippen molar-refractivity contribution in [2.45, 2.75) is 56.3 Å². The highest BCUT2D eigenvalue weighted by atomic mass is 16.5. The lowest BCUT2D eigenvalue weighted by Gasteiger charge is -2.41. The predicted molar refractivity (Wildman–Crippen MR) is 152 cm³/mol. The summed E-state index contributed by atoms with van der Waals surface area (Å²) in [5, 5.41) is 23.7. The summed E-state index contributed by atoms with van der Waals surface area (Å²) >= 11 is 0. The van der Waals surface area contributed by atoms with Crippen LogP contribution in [0.3, 0.4) is 0 Å². The van der Waals surface area contributed by atoms with Gasteiger partial charge in [-0.3, -0.25) is 4.79 Å². The van der Waals surface area contributed by atoms with Crippen molar-refractivity contribution < 1.29 is 14.6 Å². The summed E-state index contributed by atoms with van der Waals surface area (Å²) in [4.78, 5) is 20.9. The van der Waals surface area contributed by atoms with Crippen LogP contribution in [0.25, 0.3) is 22.3 Å². The molecule has 2 fully saturated rings. The monoisotopic (exact) mass is 543 g/mol. The molecule has 4 aromatic rings. The van der Waals surface area contributed by atoms with E-state index in [0.29, 0.717) is 31.7 Å². The fraction of sp³-hybridized carbons (Fsp3) is 0.467. The first-order valence-corrected chi connectivity index (χ1v) is 14.2. The second-order valence-electron chi connectivity index (χ2n) is 11.0. The number of rotatable bonds is 8. The molecule has 2 aromatic carbocycles. The Morgan fingerprint density at radius 1 is 1.15 bits per heavy atom. The number of methoxy groups -OCH3 is 1. The van der Waals surface area contributed by atoms with Gasteiger partial charge in [-0.1, -0.05) is 60.5 Å². The van der Waals surface area contributed by atoms with Gasteiger partial charge < -0.3 is 24.6 Å². The molecule has 3 atom stereocenters. The summed E-state index contributed by atoms with van der Waals surface area (Å²) in [6.45, 7) is 2.93. The fourth-order valence-corrected chi connectivity index (χ4v) is 6.43. The van der Waals surface area contributed by atoms with Crippen LogP contribution >= 0.6 is 0 Å². The number of hydrogen-bond acceptors (Lipinski definition) is 7. The first-order chi connectivity index (χ1) is 19.6. The quantitative estimate of drug-likeness (QED) is 0.351. The zero-order valence-electron chi connectivity index (χ0n) is 22.9. The molecule has 3 heterocycles. The number of aliphatic hydroxyl groups is 1. The van der Waals surface area contributed by atoms with Crippen LogP contribution in [-0.2, 0) is 11.3 Å². The third-order valence-electron chi connectivity index (χ3n) is 8.44. The number of fused-ring (bicyclic) bond motifs is 1.